The smallest absolute Gasteiger partial charge is 0.424 e. The number of nitrogens with one attached hydrogen (secondary N) is 1. The Bertz CT molecular complexity index is 458. The Labute approximate surface area is 113 Å². The summed E-state index contributed by atoms with van der Waals surface area (Å²) >= 11 is 0. The van der Waals surface area contributed by atoms with Crippen LogP contribution in [0.15, 0.2) is 16.5 Å². The van der Waals surface area contributed by atoms with Crippen LogP contribution in [0.1, 0.15) is 17.9 Å². The molecule has 0 saturated heterocycles. The van der Waals surface area contributed by atoms with E-state index in [1.807, 2.05) is 0 Å². The van der Waals surface area contributed by atoms with E-state index in [2.05, 4.69) is 10.1 Å². The number of hydrogen-bond acceptors (Lipinski definition) is 4. The first-order valence-electron chi connectivity index (χ1n) is 5.82. The third-order valence-electron chi connectivity index (χ3n) is 2.70. The lowest BCUT2D eigenvalue weighted by molar-refractivity contribution is -0.274. The molecule has 0 aliphatic heterocycles. The van der Waals surface area contributed by atoms with Crippen molar-refractivity contribution in [2.75, 3.05) is 20.3 Å². The number of methoxy groups -OCH3 is 1. The van der Waals surface area contributed by atoms with Crippen LogP contribution >= 0.6 is 0 Å². The molecule has 0 aromatic carbocycles. The fourth-order valence-electron chi connectivity index (χ4n) is 1.63. The van der Waals surface area contributed by atoms with Crippen molar-refractivity contribution in [3.63, 3.8) is 0 Å². The fourth-order valence-corrected chi connectivity index (χ4v) is 1.63. The van der Waals surface area contributed by atoms with Crippen LogP contribution in [0.25, 0.3) is 0 Å². The zero-order valence-corrected chi connectivity index (χ0v) is 11.1. The number of aryl methyl sites for hydroxylation is 1. The maximum absolute atomic E-state index is 13.0. The second-order valence-corrected chi connectivity index (χ2v) is 4.30. The van der Waals surface area contributed by atoms with Gasteiger partial charge in [0.15, 0.2) is 0 Å². The van der Waals surface area contributed by atoms with Gasteiger partial charge >= 0.3 is 6.18 Å². The van der Waals surface area contributed by atoms with Crippen molar-refractivity contribution in [1.29, 1.82) is 0 Å². The molecule has 1 amide bonds. The van der Waals surface area contributed by atoms with Crippen LogP contribution < -0.4 is 5.32 Å². The minimum atomic E-state index is -4.91. The standard InChI is InChI=1S/C12H16F3NO4/c1-8-3-4-9(20-8)11(18,12(13,14)15)5-6-16-10(17)7-19-2/h3-4,18H,5-7H2,1-2H3,(H,16,17)/t11-/m0/s1. The van der Waals surface area contributed by atoms with Crippen LogP contribution in [-0.4, -0.2) is 37.5 Å². The van der Waals surface area contributed by atoms with Crippen molar-refractivity contribution in [2.24, 2.45) is 0 Å². The van der Waals surface area contributed by atoms with Gasteiger partial charge in [0, 0.05) is 20.1 Å². The average molecular weight is 295 g/mol. The molecule has 20 heavy (non-hydrogen) atoms. The van der Waals surface area contributed by atoms with Crippen LogP contribution in [0.5, 0.6) is 0 Å². The Morgan fingerprint density at radius 3 is 2.55 bits per heavy atom. The maximum Gasteiger partial charge on any atom is 0.424 e. The highest BCUT2D eigenvalue weighted by molar-refractivity contribution is 5.77. The summed E-state index contributed by atoms with van der Waals surface area (Å²) < 4.78 is 48.5. The molecular formula is C12H16F3NO4. The average Bonchev–Trinajstić information content (AvgIpc) is 2.75. The van der Waals surface area contributed by atoms with E-state index in [4.69, 9.17) is 4.42 Å². The van der Waals surface area contributed by atoms with E-state index in [1.54, 1.807) is 0 Å². The highest BCUT2D eigenvalue weighted by Crippen LogP contribution is 2.41. The lowest BCUT2D eigenvalue weighted by Gasteiger charge is -2.28. The molecule has 1 heterocycles. The summed E-state index contributed by atoms with van der Waals surface area (Å²) in [6.07, 6.45) is -5.66. The Balaban J connectivity index is 2.78. The maximum atomic E-state index is 13.0. The summed E-state index contributed by atoms with van der Waals surface area (Å²) in [7, 11) is 1.29. The number of amides is 1. The topological polar surface area (TPSA) is 71.7 Å². The minimum Gasteiger partial charge on any atom is -0.463 e. The molecule has 0 fully saturated rings. The third-order valence-corrected chi connectivity index (χ3v) is 2.70. The molecule has 0 bridgehead atoms. The van der Waals surface area contributed by atoms with Crippen LogP contribution in [-0.2, 0) is 15.1 Å². The van der Waals surface area contributed by atoms with Crippen molar-refractivity contribution in [2.45, 2.75) is 25.1 Å². The molecule has 1 atom stereocenters. The molecule has 1 aromatic heterocycles. The largest absolute Gasteiger partial charge is 0.463 e. The van der Waals surface area contributed by atoms with Crippen LogP contribution in [0.4, 0.5) is 13.2 Å². The zero-order chi connectivity index (χ0) is 15.4. The molecule has 0 saturated carbocycles. The molecule has 114 valence electrons. The molecule has 0 radical (unpaired) electrons. The molecular weight excluding hydrogens is 279 g/mol. The summed E-state index contributed by atoms with van der Waals surface area (Å²) in [6.45, 7) is 0.850. The summed E-state index contributed by atoms with van der Waals surface area (Å²) in [5.74, 6) is -0.901. The number of rotatable bonds is 6. The third kappa shape index (κ3) is 3.73. The highest BCUT2D eigenvalue weighted by atomic mass is 19.4. The van der Waals surface area contributed by atoms with Gasteiger partial charge < -0.3 is 19.6 Å². The molecule has 0 spiro atoms. The molecule has 0 aliphatic carbocycles. The summed E-state index contributed by atoms with van der Waals surface area (Å²) in [5, 5.41) is 12.1. The molecule has 1 aromatic rings. The van der Waals surface area contributed by atoms with E-state index in [-0.39, 0.29) is 18.9 Å². The number of carbonyl (C=O) groups is 1. The predicted molar refractivity (Wildman–Crippen MR) is 62.9 cm³/mol. The van der Waals surface area contributed by atoms with Crippen molar-refractivity contribution in [3.05, 3.63) is 23.7 Å². The van der Waals surface area contributed by atoms with Gasteiger partial charge in [-0.2, -0.15) is 13.2 Å². The Hall–Kier alpha value is -1.54. The van der Waals surface area contributed by atoms with Gasteiger partial charge in [-0.05, 0) is 19.1 Å². The molecule has 0 aliphatic rings. The van der Waals surface area contributed by atoms with E-state index in [0.29, 0.717) is 0 Å². The first kappa shape index (κ1) is 16.5. The number of furan rings is 1. The van der Waals surface area contributed by atoms with Crippen molar-refractivity contribution < 1.29 is 32.2 Å². The van der Waals surface area contributed by atoms with Gasteiger partial charge in [-0.15, -0.1) is 0 Å². The van der Waals surface area contributed by atoms with Gasteiger partial charge in [-0.3, -0.25) is 4.79 Å². The quantitative estimate of drug-likeness (QED) is 0.834. The highest BCUT2D eigenvalue weighted by Gasteiger charge is 2.56. The SMILES string of the molecule is COCC(=O)NCC[C@](O)(c1ccc(C)o1)C(F)(F)F. The van der Waals surface area contributed by atoms with Gasteiger partial charge in [0.1, 0.15) is 18.1 Å². The molecule has 0 unspecified atom stereocenters. The minimum absolute atomic E-state index is 0.256. The zero-order valence-electron chi connectivity index (χ0n) is 11.1. The summed E-state index contributed by atoms with van der Waals surface area (Å²) in [4.78, 5) is 11.1. The predicted octanol–water partition coefficient (Wildman–Crippen LogP) is 1.49. The lowest BCUT2D eigenvalue weighted by atomic mass is 9.95. The number of carbonyl (C=O) groups excluding carboxylic acids is 1. The second-order valence-electron chi connectivity index (χ2n) is 4.30. The second kappa shape index (κ2) is 6.27. The van der Waals surface area contributed by atoms with Gasteiger partial charge in [0.05, 0.1) is 0 Å². The van der Waals surface area contributed by atoms with Crippen LogP contribution in [0.2, 0.25) is 0 Å². The Kier molecular flexibility index (Phi) is 5.18. The number of alkyl halides is 3. The molecule has 5 nitrogen and oxygen atoms in total. The van der Waals surface area contributed by atoms with E-state index >= 15 is 0 Å². The van der Waals surface area contributed by atoms with E-state index in [1.165, 1.54) is 20.1 Å². The van der Waals surface area contributed by atoms with Crippen molar-refractivity contribution in [1.82, 2.24) is 5.32 Å². The molecule has 8 heteroatoms. The lowest BCUT2D eigenvalue weighted by Crippen LogP contribution is -2.45. The van der Waals surface area contributed by atoms with E-state index in [0.717, 1.165) is 6.07 Å². The van der Waals surface area contributed by atoms with Gasteiger partial charge in [0.2, 0.25) is 11.5 Å². The van der Waals surface area contributed by atoms with Crippen molar-refractivity contribution >= 4 is 5.91 Å². The monoisotopic (exact) mass is 295 g/mol. The molecule has 2 N–H and O–H groups in total. The van der Waals surface area contributed by atoms with Crippen LogP contribution in [0, 0.1) is 6.92 Å². The number of aliphatic hydroxyl groups is 1. The van der Waals surface area contributed by atoms with E-state index < -0.39 is 29.9 Å². The summed E-state index contributed by atoms with van der Waals surface area (Å²) in [5.41, 5.74) is -3.14. The normalized spacial score (nSPS) is 14.9. The van der Waals surface area contributed by atoms with Gasteiger partial charge in [-0.25, -0.2) is 0 Å². The van der Waals surface area contributed by atoms with Crippen molar-refractivity contribution in [3.8, 4) is 0 Å². The summed E-state index contributed by atoms with van der Waals surface area (Å²) in [6, 6.07) is 2.40. The van der Waals surface area contributed by atoms with Gasteiger partial charge in [0.25, 0.3) is 0 Å². The van der Waals surface area contributed by atoms with Gasteiger partial charge in [-0.1, -0.05) is 0 Å². The van der Waals surface area contributed by atoms with Crippen LogP contribution in [0.3, 0.4) is 0 Å². The number of hydrogen-bond donors (Lipinski definition) is 2. The Morgan fingerprint density at radius 1 is 1.45 bits per heavy atom. The first-order chi connectivity index (χ1) is 9.20. The fraction of sp³-hybridized carbons (Fsp3) is 0.583. The van der Waals surface area contributed by atoms with E-state index in [9.17, 15) is 23.1 Å². The number of halogens is 3. The Morgan fingerprint density at radius 2 is 2.10 bits per heavy atom. The first-order valence-corrected chi connectivity index (χ1v) is 5.82. The molecule has 1 rings (SSSR count). The number of ether oxygens (including phenoxy) is 1.